The third-order valence-corrected chi connectivity index (χ3v) is 3.20. The Morgan fingerprint density at radius 2 is 2.06 bits per heavy atom. The number of aliphatic hydroxyl groups excluding tert-OH is 1. The van der Waals surface area contributed by atoms with Crippen LogP contribution in [-0.4, -0.2) is 40.9 Å². The van der Waals surface area contributed by atoms with E-state index in [4.69, 9.17) is 10.2 Å². The lowest BCUT2D eigenvalue weighted by molar-refractivity contribution is 0.0690. The molecular weight excluding hydrogens is 256 g/mol. The monoisotopic (exact) mass is 272 g/mol. The van der Waals surface area contributed by atoms with Crippen LogP contribution in [0, 0.1) is 5.92 Å². The number of hydrogen-bond donors (Lipinski definition) is 2. The Bertz CT molecular complexity index is 389. The van der Waals surface area contributed by atoms with E-state index in [9.17, 15) is 4.79 Å². The summed E-state index contributed by atoms with van der Waals surface area (Å²) in [6.45, 7) is 2.03. The zero-order chi connectivity index (χ0) is 12.3. The van der Waals surface area contributed by atoms with Crippen molar-refractivity contribution in [2.45, 2.75) is 12.8 Å². The number of rotatable bonds is 3. The molecule has 0 unspecified atom stereocenters. The first kappa shape index (κ1) is 14.7. The van der Waals surface area contributed by atoms with Gasteiger partial charge in [-0.25, -0.2) is 9.78 Å². The topological polar surface area (TPSA) is 73.7 Å². The van der Waals surface area contributed by atoms with E-state index < -0.39 is 5.97 Å². The Kier molecular flexibility index (Phi) is 5.37. The molecule has 0 aromatic carbocycles. The van der Waals surface area contributed by atoms with Gasteiger partial charge >= 0.3 is 5.97 Å². The summed E-state index contributed by atoms with van der Waals surface area (Å²) in [5.74, 6) is -0.604. The van der Waals surface area contributed by atoms with Gasteiger partial charge in [0.2, 0.25) is 0 Å². The molecule has 0 atom stereocenters. The molecule has 0 amide bonds. The molecule has 1 aromatic heterocycles. The predicted octanol–water partition coefficient (Wildman–Crippen LogP) is 1.41. The number of aliphatic hydroxyl groups is 1. The molecule has 1 fully saturated rings. The van der Waals surface area contributed by atoms with Gasteiger partial charge in [-0.3, -0.25) is 0 Å². The molecule has 0 spiro atoms. The summed E-state index contributed by atoms with van der Waals surface area (Å²) in [6.07, 6.45) is 3.54. The molecule has 1 aliphatic heterocycles. The minimum Gasteiger partial charge on any atom is -0.477 e. The van der Waals surface area contributed by atoms with Gasteiger partial charge < -0.3 is 15.1 Å². The van der Waals surface area contributed by atoms with Crippen molar-refractivity contribution in [3.8, 4) is 0 Å². The second-order valence-electron chi connectivity index (χ2n) is 4.32. The summed E-state index contributed by atoms with van der Waals surface area (Å²) in [7, 11) is 0. The third-order valence-electron chi connectivity index (χ3n) is 3.20. The van der Waals surface area contributed by atoms with Gasteiger partial charge in [-0.15, -0.1) is 12.4 Å². The number of halogens is 1. The first-order valence-electron chi connectivity index (χ1n) is 5.76. The molecule has 0 aliphatic carbocycles. The molecule has 1 aliphatic rings. The van der Waals surface area contributed by atoms with Gasteiger partial charge in [0.25, 0.3) is 0 Å². The highest BCUT2D eigenvalue weighted by Gasteiger charge is 2.19. The van der Waals surface area contributed by atoms with Crippen molar-refractivity contribution in [1.82, 2.24) is 4.98 Å². The van der Waals surface area contributed by atoms with Crippen LogP contribution < -0.4 is 4.90 Å². The quantitative estimate of drug-likeness (QED) is 0.870. The van der Waals surface area contributed by atoms with Crippen molar-refractivity contribution in [2.24, 2.45) is 5.92 Å². The van der Waals surface area contributed by atoms with Crippen LogP contribution in [0.15, 0.2) is 18.3 Å². The highest BCUT2D eigenvalue weighted by atomic mass is 35.5. The van der Waals surface area contributed by atoms with Gasteiger partial charge in [0.1, 0.15) is 5.69 Å². The highest BCUT2D eigenvalue weighted by Crippen LogP contribution is 2.22. The fourth-order valence-corrected chi connectivity index (χ4v) is 2.07. The maximum Gasteiger partial charge on any atom is 0.354 e. The number of nitrogens with zero attached hydrogens (tertiary/aromatic N) is 2. The van der Waals surface area contributed by atoms with E-state index in [1.807, 2.05) is 0 Å². The Morgan fingerprint density at radius 3 is 2.50 bits per heavy atom. The second kappa shape index (κ2) is 6.56. The number of anilines is 1. The smallest absolute Gasteiger partial charge is 0.354 e. The van der Waals surface area contributed by atoms with Gasteiger partial charge in [0.15, 0.2) is 0 Å². The van der Waals surface area contributed by atoms with E-state index in [0.717, 1.165) is 31.6 Å². The molecule has 0 bridgehead atoms. The molecule has 1 aromatic rings. The third kappa shape index (κ3) is 3.34. The normalized spacial score (nSPS) is 16.2. The molecule has 6 heteroatoms. The molecule has 100 valence electrons. The molecule has 0 radical (unpaired) electrons. The molecule has 0 saturated carbocycles. The summed E-state index contributed by atoms with van der Waals surface area (Å²) in [6, 6.07) is 3.31. The van der Waals surface area contributed by atoms with Gasteiger partial charge in [-0.05, 0) is 30.9 Å². The minimum atomic E-state index is -1.00. The van der Waals surface area contributed by atoms with Crippen molar-refractivity contribution in [2.75, 3.05) is 24.6 Å². The summed E-state index contributed by atoms with van der Waals surface area (Å²) in [4.78, 5) is 16.7. The van der Waals surface area contributed by atoms with Crippen molar-refractivity contribution < 1.29 is 15.0 Å². The van der Waals surface area contributed by atoms with E-state index in [0.29, 0.717) is 5.92 Å². The molecule has 1 saturated heterocycles. The lowest BCUT2D eigenvalue weighted by Crippen LogP contribution is -2.34. The van der Waals surface area contributed by atoms with Crippen molar-refractivity contribution in [1.29, 1.82) is 0 Å². The molecule has 2 N–H and O–H groups in total. The number of pyridine rings is 1. The standard InChI is InChI=1S/C12H16N2O3.ClH/c15-8-9-3-5-14(6-4-9)10-1-2-11(12(16)17)13-7-10;/h1-2,7,9,15H,3-6,8H2,(H,16,17);1H. The zero-order valence-electron chi connectivity index (χ0n) is 9.95. The largest absolute Gasteiger partial charge is 0.477 e. The molecule has 18 heavy (non-hydrogen) atoms. The van der Waals surface area contributed by atoms with Crippen molar-refractivity contribution in [3.05, 3.63) is 24.0 Å². The number of aromatic carboxylic acids is 1. The van der Waals surface area contributed by atoms with Crippen LogP contribution >= 0.6 is 12.4 Å². The van der Waals surface area contributed by atoms with Crippen LogP contribution in [0.4, 0.5) is 5.69 Å². The van der Waals surface area contributed by atoms with E-state index in [1.165, 1.54) is 6.07 Å². The van der Waals surface area contributed by atoms with Crippen molar-refractivity contribution in [3.63, 3.8) is 0 Å². The maximum atomic E-state index is 10.7. The van der Waals surface area contributed by atoms with Crippen LogP contribution in [0.25, 0.3) is 0 Å². The summed E-state index contributed by atoms with van der Waals surface area (Å²) in [5, 5.41) is 17.8. The Hall–Kier alpha value is -1.33. The van der Waals surface area contributed by atoms with Crippen LogP contribution in [0.1, 0.15) is 23.3 Å². The maximum absolute atomic E-state index is 10.7. The Morgan fingerprint density at radius 1 is 1.39 bits per heavy atom. The first-order valence-corrected chi connectivity index (χ1v) is 5.76. The van der Waals surface area contributed by atoms with Crippen LogP contribution in [0.2, 0.25) is 0 Å². The van der Waals surface area contributed by atoms with Crippen LogP contribution in [0.3, 0.4) is 0 Å². The highest BCUT2D eigenvalue weighted by molar-refractivity contribution is 5.85. The van der Waals surface area contributed by atoms with E-state index in [1.54, 1.807) is 12.3 Å². The van der Waals surface area contributed by atoms with Crippen LogP contribution in [0.5, 0.6) is 0 Å². The van der Waals surface area contributed by atoms with Crippen molar-refractivity contribution >= 4 is 24.1 Å². The predicted molar refractivity (Wildman–Crippen MR) is 70.5 cm³/mol. The first-order chi connectivity index (χ1) is 8.20. The summed E-state index contributed by atoms with van der Waals surface area (Å²) in [5.41, 5.74) is 1.02. The average molecular weight is 273 g/mol. The van der Waals surface area contributed by atoms with E-state index in [2.05, 4.69) is 9.88 Å². The Balaban J connectivity index is 0.00000162. The minimum absolute atomic E-state index is 0. The lowest BCUT2D eigenvalue weighted by Gasteiger charge is -2.32. The lowest BCUT2D eigenvalue weighted by atomic mass is 9.98. The number of aromatic nitrogens is 1. The Labute approximate surface area is 112 Å². The van der Waals surface area contributed by atoms with E-state index >= 15 is 0 Å². The number of carboxylic acids is 1. The molecular formula is C12H17ClN2O3. The number of carboxylic acid groups (broad SMARTS) is 1. The summed E-state index contributed by atoms with van der Waals surface area (Å²) >= 11 is 0. The van der Waals surface area contributed by atoms with Gasteiger partial charge in [0, 0.05) is 19.7 Å². The average Bonchev–Trinajstić information content (AvgIpc) is 2.39. The van der Waals surface area contributed by atoms with Gasteiger partial charge in [0.05, 0.1) is 11.9 Å². The molecule has 2 rings (SSSR count). The van der Waals surface area contributed by atoms with Crippen LogP contribution in [-0.2, 0) is 0 Å². The fourth-order valence-electron chi connectivity index (χ4n) is 2.07. The van der Waals surface area contributed by atoms with Gasteiger partial charge in [-0.2, -0.15) is 0 Å². The zero-order valence-corrected chi connectivity index (χ0v) is 10.8. The molecule has 2 heterocycles. The number of hydrogen-bond acceptors (Lipinski definition) is 4. The number of carbonyl (C=O) groups is 1. The summed E-state index contributed by atoms with van der Waals surface area (Å²) < 4.78 is 0. The second-order valence-corrected chi connectivity index (χ2v) is 4.32. The molecule has 5 nitrogen and oxygen atoms in total. The fraction of sp³-hybridized carbons (Fsp3) is 0.500. The SMILES string of the molecule is Cl.O=C(O)c1ccc(N2CCC(CO)CC2)cn1. The number of piperidine rings is 1. The van der Waals surface area contributed by atoms with E-state index in [-0.39, 0.29) is 24.7 Å². The van der Waals surface area contributed by atoms with Gasteiger partial charge in [-0.1, -0.05) is 0 Å².